The molecule has 0 spiro atoms. The van der Waals surface area contributed by atoms with E-state index in [9.17, 15) is 14.3 Å². The molecule has 0 saturated carbocycles. The maximum atomic E-state index is 14.3. The summed E-state index contributed by atoms with van der Waals surface area (Å²) in [6.45, 7) is 15.2. The minimum atomic E-state index is -0.745. The number of urea groups is 1. The number of aliphatic hydroxyl groups is 1. The molecule has 0 aliphatic heterocycles. The van der Waals surface area contributed by atoms with Crippen molar-refractivity contribution in [3.8, 4) is 0 Å². The fourth-order valence-corrected chi connectivity index (χ4v) is 3.62. The molecule has 6 heteroatoms. The Kier molecular flexibility index (Phi) is 8.66. The standard InChI is InChI=1S/C15H23FN2O.C9H15NO/c1-8(2)11-7-10(5)13(16)12(9(3)4)14(11)18-15(19)17-6;1-6-4-7(10)5-8(6)9(2,3)11/h7-9H,1-6H3,(H2,17,18,19);5,11H,4,10H2,1-3H3. The third-order valence-electron chi connectivity index (χ3n) is 5.10. The van der Waals surface area contributed by atoms with Crippen molar-refractivity contribution in [2.75, 3.05) is 12.4 Å². The molecule has 5 N–H and O–H groups in total. The molecule has 1 aromatic carbocycles. The summed E-state index contributed by atoms with van der Waals surface area (Å²) in [5.74, 6) is -0.0145. The molecule has 1 aliphatic rings. The van der Waals surface area contributed by atoms with Crippen LogP contribution in [0.3, 0.4) is 0 Å². The first kappa shape index (κ1) is 25.7. The van der Waals surface area contributed by atoms with E-state index in [1.807, 2.05) is 46.8 Å². The average molecular weight is 420 g/mol. The number of amides is 2. The second-order valence-electron chi connectivity index (χ2n) is 9.05. The van der Waals surface area contributed by atoms with Crippen LogP contribution >= 0.6 is 0 Å². The third kappa shape index (κ3) is 6.33. The maximum absolute atomic E-state index is 14.3. The predicted octanol–water partition coefficient (Wildman–Crippen LogP) is 5.45. The molecule has 1 aliphatic carbocycles. The zero-order chi connectivity index (χ0) is 23.4. The summed E-state index contributed by atoms with van der Waals surface area (Å²) in [7, 11) is 1.55. The van der Waals surface area contributed by atoms with E-state index in [2.05, 4.69) is 10.6 Å². The second kappa shape index (κ2) is 10.1. The Morgan fingerprint density at radius 1 is 1.20 bits per heavy atom. The Morgan fingerprint density at radius 2 is 1.77 bits per heavy atom. The van der Waals surface area contributed by atoms with E-state index in [4.69, 9.17) is 5.73 Å². The number of benzene rings is 1. The largest absolute Gasteiger partial charge is 0.402 e. The SMILES string of the molecule is CC1=C(C(C)(C)O)C=C(N)C1.CNC(=O)Nc1c(C(C)C)cc(C)c(F)c1C(C)C. The number of nitrogens with one attached hydrogen (secondary N) is 2. The van der Waals surface area contributed by atoms with Gasteiger partial charge in [-0.2, -0.15) is 0 Å². The van der Waals surface area contributed by atoms with Gasteiger partial charge in [0.05, 0.1) is 11.3 Å². The van der Waals surface area contributed by atoms with Gasteiger partial charge in [0.1, 0.15) is 5.82 Å². The number of hydrogen-bond donors (Lipinski definition) is 4. The van der Waals surface area contributed by atoms with Gasteiger partial charge in [-0.15, -0.1) is 0 Å². The molecular formula is C24H38FN3O2. The van der Waals surface area contributed by atoms with Gasteiger partial charge in [-0.25, -0.2) is 9.18 Å². The summed E-state index contributed by atoms with van der Waals surface area (Å²) in [4.78, 5) is 11.6. The molecule has 2 amide bonds. The summed E-state index contributed by atoms with van der Waals surface area (Å²) < 4.78 is 14.3. The number of allylic oxidation sites excluding steroid dienone is 1. The number of aryl methyl sites for hydroxylation is 1. The fourth-order valence-electron chi connectivity index (χ4n) is 3.62. The summed E-state index contributed by atoms with van der Waals surface area (Å²) in [5.41, 5.74) is 10.6. The minimum absolute atomic E-state index is 0.00422. The van der Waals surface area contributed by atoms with Gasteiger partial charge < -0.3 is 21.5 Å². The average Bonchev–Trinajstić information content (AvgIpc) is 2.96. The van der Waals surface area contributed by atoms with Gasteiger partial charge >= 0.3 is 6.03 Å². The van der Waals surface area contributed by atoms with E-state index in [1.54, 1.807) is 27.8 Å². The van der Waals surface area contributed by atoms with E-state index < -0.39 is 5.60 Å². The molecule has 0 fully saturated rings. The number of nitrogens with two attached hydrogens (primary N) is 1. The molecule has 0 radical (unpaired) electrons. The van der Waals surface area contributed by atoms with Gasteiger partial charge in [-0.3, -0.25) is 0 Å². The lowest BCUT2D eigenvalue weighted by Gasteiger charge is -2.22. The van der Waals surface area contributed by atoms with Crippen LogP contribution in [0.1, 0.15) is 83.4 Å². The lowest BCUT2D eigenvalue weighted by Crippen LogP contribution is -2.26. The van der Waals surface area contributed by atoms with E-state index in [0.717, 1.165) is 23.3 Å². The number of rotatable bonds is 4. The molecule has 0 aromatic heterocycles. The molecule has 2 rings (SSSR count). The van der Waals surface area contributed by atoms with E-state index in [0.29, 0.717) is 16.8 Å². The Labute approximate surface area is 180 Å². The Hall–Kier alpha value is -2.34. The zero-order valence-electron chi connectivity index (χ0n) is 19.8. The third-order valence-corrected chi connectivity index (χ3v) is 5.10. The topological polar surface area (TPSA) is 87.4 Å². The Balaban J connectivity index is 0.000000346. The highest BCUT2D eigenvalue weighted by atomic mass is 19.1. The van der Waals surface area contributed by atoms with Crippen molar-refractivity contribution in [2.45, 2.75) is 79.2 Å². The van der Waals surface area contributed by atoms with Crippen LogP contribution in [0.15, 0.2) is 29.0 Å². The van der Waals surface area contributed by atoms with Crippen LogP contribution in [0.4, 0.5) is 14.9 Å². The molecule has 30 heavy (non-hydrogen) atoms. The zero-order valence-corrected chi connectivity index (χ0v) is 19.8. The number of hydrogen-bond acceptors (Lipinski definition) is 3. The van der Waals surface area contributed by atoms with Crippen LogP contribution in [0.5, 0.6) is 0 Å². The van der Waals surface area contributed by atoms with Crippen LogP contribution in [0.25, 0.3) is 0 Å². The van der Waals surface area contributed by atoms with Crippen LogP contribution < -0.4 is 16.4 Å². The molecular weight excluding hydrogens is 381 g/mol. The molecule has 0 atom stereocenters. The van der Waals surface area contributed by atoms with E-state index >= 15 is 0 Å². The maximum Gasteiger partial charge on any atom is 0.318 e. The van der Waals surface area contributed by atoms with E-state index in [1.165, 1.54) is 5.57 Å². The molecule has 0 bridgehead atoms. The van der Waals surface area contributed by atoms with E-state index in [-0.39, 0.29) is 23.7 Å². The van der Waals surface area contributed by atoms with Gasteiger partial charge in [0.15, 0.2) is 0 Å². The fraction of sp³-hybridized carbons (Fsp3) is 0.542. The molecule has 1 aromatic rings. The first-order chi connectivity index (χ1) is 13.7. The Bertz CT molecular complexity index is 847. The predicted molar refractivity (Wildman–Crippen MR) is 123 cm³/mol. The lowest BCUT2D eigenvalue weighted by molar-refractivity contribution is 0.123. The van der Waals surface area contributed by atoms with Crippen LogP contribution in [-0.2, 0) is 0 Å². The van der Waals surface area contributed by atoms with Gasteiger partial charge in [0, 0.05) is 24.7 Å². The molecule has 5 nitrogen and oxygen atoms in total. The second-order valence-corrected chi connectivity index (χ2v) is 9.05. The van der Waals surface area contributed by atoms with Gasteiger partial charge in [0.2, 0.25) is 0 Å². The molecule has 168 valence electrons. The monoisotopic (exact) mass is 419 g/mol. The summed E-state index contributed by atoms with van der Waals surface area (Å²) in [5, 5.41) is 14.9. The molecule has 0 heterocycles. The molecule has 0 unspecified atom stereocenters. The van der Waals surface area contributed by atoms with Crippen molar-refractivity contribution in [2.24, 2.45) is 5.73 Å². The van der Waals surface area contributed by atoms with Crippen LogP contribution in [0, 0.1) is 12.7 Å². The summed E-state index contributed by atoms with van der Waals surface area (Å²) in [6.07, 6.45) is 2.68. The van der Waals surface area contributed by atoms with Crippen molar-refractivity contribution in [1.29, 1.82) is 0 Å². The minimum Gasteiger partial charge on any atom is -0.402 e. The summed E-state index contributed by atoms with van der Waals surface area (Å²) >= 11 is 0. The lowest BCUT2D eigenvalue weighted by atomic mass is 9.90. The normalized spacial score (nSPS) is 14.0. The first-order valence-electron chi connectivity index (χ1n) is 10.4. The first-order valence-corrected chi connectivity index (χ1v) is 10.4. The molecule has 0 saturated heterocycles. The van der Waals surface area contributed by atoms with Crippen molar-refractivity contribution in [1.82, 2.24) is 5.32 Å². The van der Waals surface area contributed by atoms with Crippen molar-refractivity contribution < 1.29 is 14.3 Å². The highest BCUT2D eigenvalue weighted by Gasteiger charge is 2.24. The van der Waals surface area contributed by atoms with Crippen molar-refractivity contribution in [3.63, 3.8) is 0 Å². The number of anilines is 1. The van der Waals surface area contributed by atoms with Crippen molar-refractivity contribution >= 4 is 11.7 Å². The highest BCUT2D eigenvalue weighted by molar-refractivity contribution is 5.91. The number of carbonyl (C=O) groups is 1. The Morgan fingerprint density at radius 3 is 2.10 bits per heavy atom. The highest BCUT2D eigenvalue weighted by Crippen LogP contribution is 2.36. The van der Waals surface area contributed by atoms with Crippen LogP contribution in [0.2, 0.25) is 0 Å². The smallest absolute Gasteiger partial charge is 0.318 e. The van der Waals surface area contributed by atoms with Gasteiger partial charge in [-0.1, -0.05) is 39.3 Å². The van der Waals surface area contributed by atoms with Crippen molar-refractivity contribution in [3.05, 3.63) is 51.5 Å². The van der Waals surface area contributed by atoms with Gasteiger partial charge in [-0.05, 0) is 62.3 Å². The van der Waals surface area contributed by atoms with Gasteiger partial charge in [0.25, 0.3) is 0 Å². The number of carbonyl (C=O) groups excluding carboxylic acids is 1. The summed E-state index contributed by atoms with van der Waals surface area (Å²) in [6, 6.07) is 1.49. The van der Waals surface area contributed by atoms with Crippen LogP contribution in [-0.4, -0.2) is 23.8 Å². The number of halogens is 1. The quantitative estimate of drug-likeness (QED) is 0.523.